The second-order valence-electron chi connectivity index (χ2n) is 9.23. The van der Waals surface area contributed by atoms with Crippen LogP contribution in [0.15, 0.2) is 120 Å². The number of para-hydroxylation sites is 2. The van der Waals surface area contributed by atoms with Crippen LogP contribution in [0.1, 0.15) is 0 Å². The normalized spacial score (nSPS) is 9.80. The summed E-state index contributed by atoms with van der Waals surface area (Å²) in [5, 5.41) is 7.78. The first-order valence-corrected chi connectivity index (χ1v) is 16.3. The number of benzene rings is 4. The van der Waals surface area contributed by atoms with Gasteiger partial charge in [-0.1, -0.05) is 71.5 Å². The number of H-pyrrole nitrogens is 2. The number of carbonyl (C=O) groups excluding carboxylic acids is 1. The van der Waals surface area contributed by atoms with Crippen molar-refractivity contribution in [1.29, 1.82) is 0 Å². The number of nitrogens with zero attached hydrogens (tertiary/aromatic N) is 4. The number of hydrogen-bond donors (Lipinski definition) is 5. The van der Waals surface area contributed by atoms with Crippen LogP contribution in [0.2, 0.25) is 5.15 Å². The number of hydrogen-bond acceptors (Lipinski definition) is 10. The fourth-order valence-electron chi connectivity index (χ4n) is 3.50. The van der Waals surface area contributed by atoms with E-state index in [0.29, 0.717) is 16.5 Å². The van der Waals surface area contributed by atoms with Gasteiger partial charge in [0, 0.05) is 13.4 Å². The van der Waals surface area contributed by atoms with E-state index in [9.17, 15) is 9.59 Å². The van der Waals surface area contributed by atoms with Gasteiger partial charge < -0.3 is 26.5 Å². The van der Waals surface area contributed by atoms with E-state index >= 15 is 0 Å². The lowest BCUT2D eigenvalue weighted by Gasteiger charge is -1.97. The molecule has 7 rings (SSSR count). The Morgan fingerprint density at radius 1 is 0.673 bits per heavy atom. The van der Waals surface area contributed by atoms with Crippen LogP contribution in [0.3, 0.4) is 0 Å². The number of aliphatic carboxylic acids is 1. The molecule has 0 saturated heterocycles. The minimum Gasteiger partial charge on any atom is -0.476 e. The van der Waals surface area contributed by atoms with E-state index in [1.807, 2.05) is 66.7 Å². The number of aromatic amines is 2. The molecule has 0 bridgehead atoms. The molecule has 0 fully saturated rings. The Bertz CT molecular complexity index is 2300. The second kappa shape index (κ2) is 19.1. The first kappa shape index (κ1) is 38.4. The summed E-state index contributed by atoms with van der Waals surface area (Å²) >= 11 is 15.6. The Hall–Kier alpha value is -5.03. The topological polar surface area (TPSA) is 224 Å². The number of fused-ring (bicyclic) bond motifs is 3. The van der Waals surface area contributed by atoms with Gasteiger partial charge in [0.15, 0.2) is 0 Å². The van der Waals surface area contributed by atoms with Crippen LogP contribution in [-0.2, 0) is 9.59 Å². The smallest absolute Gasteiger partial charge is 0.368 e. The molecule has 0 amide bonds. The van der Waals surface area contributed by atoms with Crippen molar-refractivity contribution in [2.24, 2.45) is 0 Å². The van der Waals surface area contributed by atoms with E-state index in [-0.39, 0.29) is 17.4 Å². The molecule has 4 aromatic carbocycles. The zero-order valence-corrected chi connectivity index (χ0v) is 30.4. The molecule has 250 valence electrons. The third-order valence-corrected chi connectivity index (χ3v) is 7.31. The van der Waals surface area contributed by atoms with Gasteiger partial charge in [0.25, 0.3) is 11.1 Å². The second-order valence-corrected chi connectivity index (χ2v) is 12.4. The third kappa shape index (κ3) is 13.2. The monoisotopic (exact) mass is 872 g/mol. The quantitative estimate of drug-likeness (QED) is 0.0677. The van der Waals surface area contributed by atoms with Crippen LogP contribution in [0.4, 0.5) is 11.4 Å². The number of carboxylic acid groups (broad SMARTS) is 1. The summed E-state index contributed by atoms with van der Waals surface area (Å²) in [4.78, 5) is 61.0. The number of aldehydes is 1. The molecule has 0 saturated carbocycles. The standard InChI is InChI=1S/C8H4BrClN2.C8H5BrN2O.C8H6N2O.C6H7BrN2.C2H2O3/c9-5-1-2-6-7(3-5)11-4-8(10)12-6;9-5-1-2-6-7(3-5)10-4-8(12)11-6;11-8-5-9-6-3-1-2-4-7(6)10-8;7-4-1-2-5(8)6(9)3-4;3-1-2(4)5/h1-4H;1-4H,(H,11,12);1-5H,(H,10,11);1-3H,8-9H2;1H,(H,4,5). The van der Waals surface area contributed by atoms with E-state index < -0.39 is 5.97 Å². The lowest BCUT2D eigenvalue weighted by atomic mass is 10.3. The van der Waals surface area contributed by atoms with Crippen LogP contribution in [0.25, 0.3) is 33.1 Å². The summed E-state index contributed by atoms with van der Waals surface area (Å²) in [5.74, 6) is -1.43. The molecule has 7 aromatic rings. The van der Waals surface area contributed by atoms with Gasteiger partial charge in [0.1, 0.15) is 5.15 Å². The van der Waals surface area contributed by atoms with Crippen LogP contribution in [-0.4, -0.2) is 47.3 Å². The number of carbonyl (C=O) groups is 2. The van der Waals surface area contributed by atoms with Gasteiger partial charge in [-0.05, 0) is 66.7 Å². The van der Waals surface area contributed by atoms with Crippen molar-refractivity contribution in [3.63, 3.8) is 0 Å². The predicted octanol–water partition coefficient (Wildman–Crippen LogP) is 6.54. The summed E-state index contributed by atoms with van der Waals surface area (Å²) < 4.78 is 2.90. The van der Waals surface area contributed by atoms with Crippen molar-refractivity contribution in [2.45, 2.75) is 0 Å². The summed E-state index contributed by atoms with van der Waals surface area (Å²) in [6.07, 6.45) is 3.92. The highest BCUT2D eigenvalue weighted by molar-refractivity contribution is 9.11. The average molecular weight is 876 g/mol. The molecule has 0 atom stereocenters. The van der Waals surface area contributed by atoms with Gasteiger partial charge in [-0.2, -0.15) is 0 Å². The van der Waals surface area contributed by atoms with Gasteiger partial charge in [-0.25, -0.2) is 19.7 Å². The Morgan fingerprint density at radius 2 is 1.18 bits per heavy atom. The molecule has 0 spiro atoms. The first-order chi connectivity index (χ1) is 23.3. The van der Waals surface area contributed by atoms with Gasteiger partial charge in [0.2, 0.25) is 6.29 Å². The first-order valence-electron chi connectivity index (χ1n) is 13.5. The summed E-state index contributed by atoms with van der Waals surface area (Å²) in [6.45, 7) is 0. The van der Waals surface area contributed by atoms with Crippen LogP contribution >= 0.6 is 59.4 Å². The van der Waals surface area contributed by atoms with Crippen molar-refractivity contribution in [2.75, 3.05) is 11.5 Å². The van der Waals surface area contributed by atoms with Gasteiger partial charge in [-0.15, -0.1) is 0 Å². The maximum Gasteiger partial charge on any atom is 0.368 e. The molecule has 3 heterocycles. The number of nitrogen functional groups attached to an aromatic ring is 2. The minimum atomic E-state index is -1.43. The number of anilines is 2. The van der Waals surface area contributed by atoms with Gasteiger partial charge >= 0.3 is 5.97 Å². The summed E-state index contributed by atoms with van der Waals surface area (Å²) in [6, 6.07) is 24.0. The minimum absolute atomic E-state index is 0.163. The Balaban J connectivity index is 0.000000170. The molecule has 3 aromatic heterocycles. The predicted molar refractivity (Wildman–Crippen MR) is 201 cm³/mol. The lowest BCUT2D eigenvalue weighted by molar-refractivity contribution is -0.143. The highest BCUT2D eigenvalue weighted by atomic mass is 79.9. The van der Waals surface area contributed by atoms with Gasteiger partial charge in [0.05, 0.1) is 63.1 Å². The number of nitrogens with one attached hydrogen (secondary N) is 2. The highest BCUT2D eigenvalue weighted by Crippen LogP contribution is 2.20. The number of carboxylic acids is 1. The fourth-order valence-corrected chi connectivity index (χ4v) is 4.72. The highest BCUT2D eigenvalue weighted by Gasteiger charge is 1.98. The fraction of sp³-hybridized carbons (Fsp3) is 0. The number of rotatable bonds is 1. The van der Waals surface area contributed by atoms with E-state index in [2.05, 4.69) is 77.7 Å². The van der Waals surface area contributed by atoms with E-state index in [0.717, 1.165) is 46.5 Å². The molecule has 0 aliphatic rings. The maximum absolute atomic E-state index is 10.8. The average Bonchev–Trinajstić information content (AvgIpc) is 3.08. The lowest BCUT2D eigenvalue weighted by Crippen LogP contribution is -2.04. The van der Waals surface area contributed by atoms with Crippen molar-refractivity contribution in [3.05, 3.63) is 137 Å². The number of aromatic nitrogens is 6. The molecular formula is C32H24Br3ClN8O5. The van der Waals surface area contributed by atoms with Crippen LogP contribution in [0, 0.1) is 0 Å². The third-order valence-electron chi connectivity index (χ3n) is 5.65. The summed E-state index contributed by atoms with van der Waals surface area (Å²) in [5.41, 5.74) is 16.6. The zero-order valence-electron chi connectivity index (χ0n) is 24.9. The van der Waals surface area contributed by atoms with Crippen molar-refractivity contribution in [1.82, 2.24) is 29.9 Å². The largest absolute Gasteiger partial charge is 0.476 e. The van der Waals surface area contributed by atoms with Crippen molar-refractivity contribution >= 4 is 116 Å². The molecule has 7 N–H and O–H groups in total. The van der Waals surface area contributed by atoms with Crippen LogP contribution < -0.4 is 22.6 Å². The van der Waals surface area contributed by atoms with Gasteiger partial charge in [-0.3, -0.25) is 19.4 Å². The van der Waals surface area contributed by atoms with Crippen molar-refractivity contribution in [3.8, 4) is 0 Å². The van der Waals surface area contributed by atoms with E-state index in [4.69, 9.17) is 37.8 Å². The molecule has 17 heteroatoms. The number of halogens is 4. The molecule has 0 aliphatic heterocycles. The Kier molecular flexibility index (Phi) is 15.0. The molecule has 0 unspecified atom stereocenters. The SMILES string of the molecule is Clc1cnc2cc(Br)ccc2n1.Nc1ccc(Br)cc1N.O=CC(=O)O.O=c1cnc2cc(Br)ccc2[nH]1.O=c1cnc2ccccc2[nH]1. The van der Waals surface area contributed by atoms with Crippen LogP contribution in [0.5, 0.6) is 0 Å². The maximum atomic E-state index is 10.8. The molecule has 0 radical (unpaired) electrons. The Morgan fingerprint density at radius 3 is 1.80 bits per heavy atom. The van der Waals surface area contributed by atoms with E-state index in [1.165, 1.54) is 18.6 Å². The zero-order chi connectivity index (χ0) is 35.9. The number of nitrogens with two attached hydrogens (primary N) is 2. The molecule has 13 nitrogen and oxygen atoms in total. The molecule has 49 heavy (non-hydrogen) atoms. The molecule has 0 aliphatic carbocycles. The summed E-state index contributed by atoms with van der Waals surface area (Å²) in [7, 11) is 0. The van der Waals surface area contributed by atoms with E-state index in [1.54, 1.807) is 12.1 Å². The Labute approximate surface area is 307 Å². The molecular weight excluding hydrogens is 852 g/mol. The van der Waals surface area contributed by atoms with Crippen molar-refractivity contribution < 1.29 is 14.7 Å².